The quantitative estimate of drug-likeness (QED) is 0.463. The molecular weight excluding hydrogens is 420 g/mol. The van der Waals surface area contributed by atoms with Crippen LogP contribution in [-0.4, -0.2) is 57.8 Å². The average Bonchev–Trinajstić information content (AvgIpc) is 2.91. The maximum atomic E-state index is 11.6. The smallest absolute Gasteiger partial charge is 0.134 e. The topological polar surface area (TPSA) is 46.9 Å². The number of piperidine rings is 2. The molecule has 0 radical (unpaired) electrons. The zero-order valence-electron chi connectivity index (χ0n) is 20.8. The molecule has 3 aromatic rings. The fraction of sp³-hybridized carbons (Fsp3) is 0.533. The number of hydrogen-bond donors (Lipinski definition) is 2. The van der Waals surface area contributed by atoms with Crippen molar-refractivity contribution >= 4 is 21.5 Å². The van der Waals surface area contributed by atoms with Crippen LogP contribution in [0.25, 0.3) is 21.5 Å². The summed E-state index contributed by atoms with van der Waals surface area (Å²) >= 11 is 0. The van der Waals surface area contributed by atoms with Gasteiger partial charge in [0.2, 0.25) is 0 Å². The van der Waals surface area contributed by atoms with Crippen molar-refractivity contribution in [3.63, 3.8) is 0 Å². The van der Waals surface area contributed by atoms with E-state index < -0.39 is 11.8 Å². The number of nitrogens with zero attached hydrogens (tertiary/aromatic N) is 2. The number of aliphatic hydroxyl groups is 2. The summed E-state index contributed by atoms with van der Waals surface area (Å²) < 4.78 is 0. The van der Waals surface area contributed by atoms with Gasteiger partial charge < -0.3 is 10.2 Å². The van der Waals surface area contributed by atoms with Crippen LogP contribution in [0, 0.1) is 5.92 Å². The van der Waals surface area contributed by atoms with Crippen molar-refractivity contribution in [3.8, 4) is 0 Å². The number of fused-ring (bicyclic) bond motifs is 2. The van der Waals surface area contributed by atoms with Crippen molar-refractivity contribution in [2.45, 2.75) is 70.2 Å². The Hall–Kier alpha value is -1.98. The lowest BCUT2D eigenvalue weighted by Crippen LogP contribution is -2.53. The van der Waals surface area contributed by atoms with Crippen molar-refractivity contribution in [2.75, 3.05) is 26.2 Å². The van der Waals surface area contributed by atoms with Gasteiger partial charge in [0.05, 0.1) is 5.60 Å². The lowest BCUT2D eigenvalue weighted by Gasteiger charge is -2.46. The van der Waals surface area contributed by atoms with Gasteiger partial charge in [-0.1, -0.05) is 62.4 Å². The Kier molecular flexibility index (Phi) is 6.95. The van der Waals surface area contributed by atoms with E-state index in [1.54, 1.807) is 0 Å². The summed E-state index contributed by atoms with van der Waals surface area (Å²) in [7, 11) is 0. The minimum atomic E-state index is -0.601. The molecule has 0 amide bonds. The molecule has 2 aliphatic rings. The Morgan fingerprint density at radius 1 is 0.882 bits per heavy atom. The zero-order valence-corrected chi connectivity index (χ0v) is 20.8. The van der Waals surface area contributed by atoms with E-state index in [9.17, 15) is 10.2 Å². The highest BCUT2D eigenvalue weighted by Gasteiger charge is 2.39. The molecule has 2 heterocycles. The molecular formula is C30H40N2O2. The summed E-state index contributed by atoms with van der Waals surface area (Å²) in [6.07, 6.45) is 5.54. The highest BCUT2D eigenvalue weighted by atomic mass is 16.3. The predicted molar refractivity (Wildman–Crippen MR) is 141 cm³/mol. The molecule has 0 aromatic heterocycles. The number of aliphatic hydroxyl groups excluding tert-OH is 1. The Labute approximate surface area is 204 Å². The normalized spacial score (nSPS) is 22.4. The monoisotopic (exact) mass is 460 g/mol. The SMILES string of the molecule is CCC(O)(CC)C1CCCN(C2CCN(C(O)c3c4ccccc4cc4ccccc34)CC2)C1. The molecule has 2 N–H and O–H groups in total. The van der Waals surface area contributed by atoms with Crippen molar-refractivity contribution in [3.05, 3.63) is 60.2 Å². The lowest BCUT2D eigenvalue weighted by molar-refractivity contribution is -0.0701. The van der Waals surface area contributed by atoms with E-state index in [-0.39, 0.29) is 0 Å². The molecule has 2 atom stereocenters. The molecule has 2 aliphatic heterocycles. The molecule has 5 rings (SSSR count). The first-order chi connectivity index (χ1) is 16.5. The molecule has 4 heteroatoms. The number of rotatable bonds is 6. The van der Waals surface area contributed by atoms with Gasteiger partial charge in [-0.25, -0.2) is 0 Å². The van der Waals surface area contributed by atoms with Gasteiger partial charge in [-0.15, -0.1) is 0 Å². The fourth-order valence-corrected chi connectivity index (χ4v) is 6.61. The van der Waals surface area contributed by atoms with Crippen LogP contribution < -0.4 is 0 Å². The van der Waals surface area contributed by atoms with Crippen LogP contribution in [0.5, 0.6) is 0 Å². The summed E-state index contributed by atoms with van der Waals surface area (Å²) in [5, 5.41) is 27.4. The fourth-order valence-electron chi connectivity index (χ4n) is 6.61. The summed E-state index contributed by atoms with van der Waals surface area (Å²) in [6, 6.07) is 19.6. The van der Waals surface area contributed by atoms with E-state index in [0.29, 0.717) is 12.0 Å². The van der Waals surface area contributed by atoms with Gasteiger partial charge in [0.15, 0.2) is 0 Å². The van der Waals surface area contributed by atoms with E-state index in [1.165, 1.54) is 17.2 Å². The van der Waals surface area contributed by atoms with E-state index >= 15 is 0 Å². The molecule has 182 valence electrons. The van der Waals surface area contributed by atoms with Gasteiger partial charge in [-0.2, -0.15) is 0 Å². The number of likely N-dealkylation sites (tertiary alicyclic amines) is 2. The first kappa shape index (κ1) is 23.7. The van der Waals surface area contributed by atoms with Crippen molar-refractivity contribution < 1.29 is 10.2 Å². The predicted octanol–water partition coefficient (Wildman–Crippen LogP) is 5.71. The van der Waals surface area contributed by atoms with Gasteiger partial charge in [0.1, 0.15) is 6.23 Å². The largest absolute Gasteiger partial charge is 0.390 e. The highest BCUT2D eigenvalue weighted by molar-refractivity contribution is 6.02. The van der Waals surface area contributed by atoms with Crippen LogP contribution in [0.4, 0.5) is 0 Å². The van der Waals surface area contributed by atoms with Gasteiger partial charge in [-0.05, 0) is 72.7 Å². The van der Waals surface area contributed by atoms with E-state index in [0.717, 1.165) is 74.6 Å². The Balaban J connectivity index is 1.32. The third kappa shape index (κ3) is 4.37. The molecule has 0 saturated carbocycles. The van der Waals surface area contributed by atoms with Crippen LogP contribution in [0.3, 0.4) is 0 Å². The van der Waals surface area contributed by atoms with Crippen molar-refractivity contribution in [2.24, 2.45) is 5.92 Å². The summed E-state index contributed by atoms with van der Waals surface area (Å²) in [6.45, 7) is 8.20. The molecule has 4 nitrogen and oxygen atoms in total. The number of hydrogen-bond acceptors (Lipinski definition) is 4. The minimum Gasteiger partial charge on any atom is -0.390 e. The van der Waals surface area contributed by atoms with E-state index in [2.05, 4.69) is 78.2 Å². The minimum absolute atomic E-state index is 0.377. The standard InChI is InChI=1S/C30H40N2O2/c1-3-30(34,4-2)24-12-9-17-32(21-24)25-15-18-31(19-16-25)29(33)28-26-13-7-5-10-22(26)20-23-11-6-8-14-27(23)28/h5-8,10-11,13-14,20,24-25,29,33-34H,3-4,9,12,15-19,21H2,1-2H3. The van der Waals surface area contributed by atoms with Gasteiger partial charge in [0.25, 0.3) is 0 Å². The first-order valence-electron chi connectivity index (χ1n) is 13.3. The molecule has 34 heavy (non-hydrogen) atoms. The molecule has 2 fully saturated rings. The highest BCUT2D eigenvalue weighted by Crippen LogP contribution is 2.37. The maximum absolute atomic E-state index is 11.6. The number of benzene rings is 3. The molecule has 2 unspecified atom stereocenters. The van der Waals surface area contributed by atoms with Crippen LogP contribution in [0.2, 0.25) is 0 Å². The maximum Gasteiger partial charge on any atom is 0.134 e. The summed E-state index contributed by atoms with van der Waals surface area (Å²) in [5.41, 5.74) is 0.520. The molecule has 3 aromatic carbocycles. The van der Waals surface area contributed by atoms with Crippen LogP contribution in [0.15, 0.2) is 54.6 Å². The second-order valence-corrected chi connectivity index (χ2v) is 10.5. The molecule has 2 saturated heterocycles. The van der Waals surface area contributed by atoms with Crippen LogP contribution in [0.1, 0.15) is 64.2 Å². The second kappa shape index (κ2) is 9.94. The lowest BCUT2D eigenvalue weighted by atomic mass is 9.77. The Morgan fingerprint density at radius 3 is 2.06 bits per heavy atom. The Bertz CT molecular complexity index is 1060. The first-order valence-corrected chi connectivity index (χ1v) is 13.3. The third-order valence-electron chi connectivity index (χ3n) is 8.87. The molecule has 0 spiro atoms. The van der Waals surface area contributed by atoms with E-state index in [4.69, 9.17) is 0 Å². The Morgan fingerprint density at radius 2 is 1.47 bits per heavy atom. The average molecular weight is 461 g/mol. The third-order valence-corrected chi connectivity index (χ3v) is 8.87. The van der Waals surface area contributed by atoms with E-state index in [1.807, 2.05) is 0 Å². The summed E-state index contributed by atoms with van der Waals surface area (Å²) in [5.74, 6) is 0.377. The van der Waals surface area contributed by atoms with Gasteiger partial charge >= 0.3 is 0 Å². The van der Waals surface area contributed by atoms with Gasteiger partial charge in [0, 0.05) is 37.2 Å². The second-order valence-electron chi connectivity index (χ2n) is 10.5. The molecule has 0 aliphatic carbocycles. The molecule has 0 bridgehead atoms. The van der Waals surface area contributed by atoms with Crippen LogP contribution in [-0.2, 0) is 0 Å². The summed E-state index contributed by atoms with van der Waals surface area (Å²) in [4.78, 5) is 4.90. The zero-order chi connectivity index (χ0) is 23.7. The van der Waals surface area contributed by atoms with Gasteiger partial charge in [-0.3, -0.25) is 9.80 Å². The van der Waals surface area contributed by atoms with Crippen molar-refractivity contribution in [1.29, 1.82) is 0 Å². The van der Waals surface area contributed by atoms with Crippen LogP contribution >= 0.6 is 0 Å². The van der Waals surface area contributed by atoms with Crippen molar-refractivity contribution in [1.82, 2.24) is 9.80 Å².